The number of nitrogens with zero attached hydrogens (tertiary/aromatic N) is 1. The summed E-state index contributed by atoms with van der Waals surface area (Å²) in [5, 5.41) is 11.8. The highest BCUT2D eigenvalue weighted by molar-refractivity contribution is 5.97. The number of hydrogen-bond acceptors (Lipinski definition) is 4. The summed E-state index contributed by atoms with van der Waals surface area (Å²) in [4.78, 5) is 36.3. The molecule has 1 unspecified atom stereocenters. The van der Waals surface area contributed by atoms with Crippen LogP contribution >= 0.6 is 0 Å². The van der Waals surface area contributed by atoms with Crippen LogP contribution in [0.1, 0.15) is 35.3 Å². The van der Waals surface area contributed by atoms with Crippen molar-refractivity contribution in [1.29, 1.82) is 0 Å². The minimum Gasteiger partial charge on any atom is -0.496 e. The maximum Gasteiger partial charge on any atom is 0.326 e. The van der Waals surface area contributed by atoms with E-state index in [0.717, 1.165) is 11.1 Å². The third-order valence-electron chi connectivity index (χ3n) is 3.72. The fraction of sp³-hybridized carbons (Fsp3) is 0.471. The molecule has 2 amide bonds. The van der Waals surface area contributed by atoms with Crippen molar-refractivity contribution in [3.8, 4) is 5.75 Å². The van der Waals surface area contributed by atoms with E-state index >= 15 is 0 Å². The van der Waals surface area contributed by atoms with Crippen molar-refractivity contribution in [2.75, 3.05) is 20.2 Å². The number of benzene rings is 1. The number of methoxy groups -OCH3 is 1. The molecular weight excluding hydrogens is 312 g/mol. The molecule has 24 heavy (non-hydrogen) atoms. The van der Waals surface area contributed by atoms with Crippen LogP contribution in [0, 0.1) is 13.8 Å². The summed E-state index contributed by atoms with van der Waals surface area (Å²) in [5.41, 5.74) is 1.98. The lowest BCUT2D eigenvalue weighted by molar-refractivity contribution is -0.141. The number of carbonyl (C=O) groups is 3. The van der Waals surface area contributed by atoms with Gasteiger partial charge in [0.15, 0.2) is 0 Å². The predicted molar refractivity (Wildman–Crippen MR) is 89.3 cm³/mol. The molecule has 1 atom stereocenters. The molecule has 2 N–H and O–H groups in total. The molecule has 0 radical (unpaired) electrons. The molecule has 0 saturated carbocycles. The van der Waals surface area contributed by atoms with Gasteiger partial charge in [0, 0.05) is 25.6 Å². The average molecular weight is 336 g/mol. The Balaban J connectivity index is 3.10. The topological polar surface area (TPSA) is 95.9 Å². The number of carboxylic acids is 1. The zero-order chi connectivity index (χ0) is 18.4. The predicted octanol–water partition coefficient (Wildman–Crippen LogP) is 1.36. The Morgan fingerprint density at radius 2 is 1.79 bits per heavy atom. The summed E-state index contributed by atoms with van der Waals surface area (Å²) in [6.45, 7) is 6.75. The van der Waals surface area contributed by atoms with Gasteiger partial charge in [-0.3, -0.25) is 9.59 Å². The summed E-state index contributed by atoms with van der Waals surface area (Å²) >= 11 is 0. The average Bonchev–Trinajstić information content (AvgIpc) is 2.49. The van der Waals surface area contributed by atoms with Gasteiger partial charge in [0.05, 0.1) is 7.11 Å². The second-order valence-electron chi connectivity index (χ2n) is 5.64. The molecule has 0 aromatic heterocycles. The van der Waals surface area contributed by atoms with Crippen LogP contribution < -0.4 is 10.1 Å². The van der Waals surface area contributed by atoms with Gasteiger partial charge >= 0.3 is 5.97 Å². The van der Waals surface area contributed by atoms with Gasteiger partial charge in [0.1, 0.15) is 11.8 Å². The molecule has 0 bridgehead atoms. The summed E-state index contributed by atoms with van der Waals surface area (Å²) in [7, 11) is 1.56. The van der Waals surface area contributed by atoms with Crippen LogP contribution in [0.3, 0.4) is 0 Å². The first kappa shape index (κ1) is 19.5. The lowest BCUT2D eigenvalue weighted by Crippen LogP contribution is -2.46. The van der Waals surface area contributed by atoms with E-state index in [0.29, 0.717) is 11.3 Å². The van der Waals surface area contributed by atoms with Crippen molar-refractivity contribution in [2.24, 2.45) is 0 Å². The largest absolute Gasteiger partial charge is 0.496 e. The first-order chi connectivity index (χ1) is 11.2. The highest BCUT2D eigenvalue weighted by Crippen LogP contribution is 2.25. The lowest BCUT2D eigenvalue weighted by atomic mass is 10.0. The van der Waals surface area contributed by atoms with Crippen LogP contribution in [0.4, 0.5) is 0 Å². The number of ether oxygens (including phenoxy) is 1. The summed E-state index contributed by atoms with van der Waals surface area (Å²) < 4.78 is 5.28. The number of carboxylic acid groups (broad SMARTS) is 1. The van der Waals surface area contributed by atoms with Gasteiger partial charge in [-0.05, 0) is 44.0 Å². The molecular formula is C17H24N2O5. The Hall–Kier alpha value is -2.57. The number of amides is 2. The van der Waals surface area contributed by atoms with Crippen molar-refractivity contribution in [1.82, 2.24) is 10.2 Å². The maximum absolute atomic E-state index is 12.8. The molecule has 7 heteroatoms. The zero-order valence-corrected chi connectivity index (χ0v) is 14.7. The number of nitrogens with one attached hydrogen (secondary N) is 1. The van der Waals surface area contributed by atoms with E-state index < -0.39 is 17.9 Å². The molecule has 0 saturated heterocycles. The molecule has 0 aliphatic heterocycles. The molecule has 0 aliphatic carbocycles. The van der Waals surface area contributed by atoms with Crippen LogP contribution in [-0.2, 0) is 9.59 Å². The first-order valence-corrected chi connectivity index (χ1v) is 7.62. The monoisotopic (exact) mass is 336 g/mol. The fourth-order valence-corrected chi connectivity index (χ4v) is 2.52. The van der Waals surface area contributed by atoms with E-state index in [1.807, 2.05) is 13.8 Å². The fourth-order valence-electron chi connectivity index (χ4n) is 2.52. The third-order valence-corrected chi connectivity index (χ3v) is 3.72. The maximum atomic E-state index is 12.8. The molecule has 0 aliphatic rings. The Labute approximate surface area is 141 Å². The van der Waals surface area contributed by atoms with E-state index in [-0.39, 0.29) is 19.0 Å². The molecule has 1 rings (SSSR count). The molecule has 0 heterocycles. The SMILES string of the molecule is COc1c(C)cc(C(=O)N(CCNC(C)=O)C(C)C(=O)O)cc1C. The number of carbonyl (C=O) groups excluding carboxylic acids is 2. The minimum absolute atomic E-state index is 0.107. The van der Waals surface area contributed by atoms with Crippen LogP contribution in [0.5, 0.6) is 5.75 Å². The normalized spacial score (nSPS) is 11.5. The smallest absolute Gasteiger partial charge is 0.326 e. The summed E-state index contributed by atoms with van der Waals surface area (Å²) in [5.74, 6) is -1.04. The Morgan fingerprint density at radius 3 is 2.21 bits per heavy atom. The van der Waals surface area contributed by atoms with Gasteiger partial charge < -0.3 is 20.1 Å². The van der Waals surface area contributed by atoms with Gasteiger partial charge in [-0.1, -0.05) is 0 Å². The van der Waals surface area contributed by atoms with E-state index in [2.05, 4.69) is 5.32 Å². The molecule has 7 nitrogen and oxygen atoms in total. The molecule has 0 fully saturated rings. The molecule has 1 aromatic carbocycles. The van der Waals surface area contributed by atoms with Crippen molar-refractivity contribution in [3.63, 3.8) is 0 Å². The highest BCUT2D eigenvalue weighted by Gasteiger charge is 2.27. The van der Waals surface area contributed by atoms with E-state index in [9.17, 15) is 19.5 Å². The van der Waals surface area contributed by atoms with E-state index in [1.54, 1.807) is 19.2 Å². The van der Waals surface area contributed by atoms with Crippen molar-refractivity contribution in [2.45, 2.75) is 33.7 Å². The Bertz CT molecular complexity index is 619. The standard InChI is InChI=1S/C17H24N2O5/c1-10-8-14(9-11(2)15(10)24-5)16(21)19(12(3)17(22)23)7-6-18-13(4)20/h8-9,12H,6-7H2,1-5H3,(H,18,20)(H,22,23). The highest BCUT2D eigenvalue weighted by atomic mass is 16.5. The second-order valence-corrected chi connectivity index (χ2v) is 5.64. The minimum atomic E-state index is -1.10. The quantitative estimate of drug-likeness (QED) is 0.784. The number of rotatable bonds is 7. The lowest BCUT2D eigenvalue weighted by Gasteiger charge is -2.27. The molecule has 0 spiro atoms. The van der Waals surface area contributed by atoms with Crippen molar-refractivity contribution in [3.05, 3.63) is 28.8 Å². The Morgan fingerprint density at radius 1 is 1.25 bits per heavy atom. The van der Waals surface area contributed by atoms with Gasteiger partial charge in [0.2, 0.25) is 5.91 Å². The third kappa shape index (κ3) is 4.71. The van der Waals surface area contributed by atoms with Crippen LogP contribution in [-0.4, -0.2) is 54.0 Å². The van der Waals surface area contributed by atoms with Gasteiger partial charge in [-0.15, -0.1) is 0 Å². The Kier molecular flexibility index (Phi) is 6.76. The van der Waals surface area contributed by atoms with E-state index in [1.165, 1.54) is 18.7 Å². The number of aliphatic carboxylic acids is 1. The zero-order valence-electron chi connectivity index (χ0n) is 14.7. The summed E-state index contributed by atoms with van der Waals surface area (Å²) in [6.07, 6.45) is 0. The molecule has 1 aromatic rings. The first-order valence-electron chi connectivity index (χ1n) is 7.62. The van der Waals surface area contributed by atoms with Crippen molar-refractivity contribution < 1.29 is 24.2 Å². The van der Waals surface area contributed by atoms with Crippen LogP contribution in [0.2, 0.25) is 0 Å². The van der Waals surface area contributed by atoms with E-state index in [4.69, 9.17) is 4.74 Å². The second kappa shape index (κ2) is 8.33. The van der Waals surface area contributed by atoms with Crippen LogP contribution in [0.25, 0.3) is 0 Å². The molecule has 132 valence electrons. The van der Waals surface area contributed by atoms with Gasteiger partial charge in [-0.2, -0.15) is 0 Å². The van der Waals surface area contributed by atoms with Crippen LogP contribution in [0.15, 0.2) is 12.1 Å². The summed E-state index contributed by atoms with van der Waals surface area (Å²) in [6, 6.07) is 2.34. The van der Waals surface area contributed by atoms with Gasteiger partial charge in [-0.25, -0.2) is 4.79 Å². The van der Waals surface area contributed by atoms with Crippen molar-refractivity contribution >= 4 is 17.8 Å². The number of hydrogen-bond donors (Lipinski definition) is 2. The van der Waals surface area contributed by atoms with Gasteiger partial charge in [0.25, 0.3) is 5.91 Å². The number of aryl methyl sites for hydroxylation is 2.